The van der Waals surface area contributed by atoms with Gasteiger partial charge in [-0.05, 0) is 162 Å². The van der Waals surface area contributed by atoms with Crippen LogP contribution in [-0.4, -0.2) is 291 Å². The largest absolute Gasteiger partial charge is 0.459 e. The summed E-state index contributed by atoms with van der Waals surface area (Å²) in [5.74, 6) is -6.28. The molecular formula is C82H156N4O22. The molecule has 6 N–H and O–H groups in total. The fraction of sp³-hybridized carbons (Fsp3) is 0.951. The molecule has 6 aliphatic heterocycles. The van der Waals surface area contributed by atoms with Crippen molar-refractivity contribution in [3.63, 3.8) is 0 Å². The number of carbonyl (C=O) groups excluding carboxylic acids is 2. The zero-order valence-corrected chi connectivity index (χ0v) is 71.0. The van der Waals surface area contributed by atoms with Crippen LogP contribution < -0.4 is 0 Å². The van der Waals surface area contributed by atoms with E-state index in [0.29, 0.717) is 24.3 Å². The van der Waals surface area contributed by atoms with Gasteiger partial charge in [0.2, 0.25) is 0 Å². The molecule has 0 saturated carbocycles. The summed E-state index contributed by atoms with van der Waals surface area (Å²) >= 11 is 0. The van der Waals surface area contributed by atoms with Crippen molar-refractivity contribution in [2.75, 3.05) is 70.7 Å². The highest BCUT2D eigenvalue weighted by Crippen LogP contribution is 2.46. The first-order chi connectivity index (χ1) is 49.0. The molecule has 26 heteroatoms. The number of hydrogen-bond donors (Lipinski definition) is 6. The number of rotatable bonds is 16. The molecule has 636 valence electrons. The van der Waals surface area contributed by atoms with Crippen LogP contribution in [0.1, 0.15) is 219 Å². The predicted octanol–water partition coefficient (Wildman–Crippen LogP) is 9.71. The van der Waals surface area contributed by atoms with Gasteiger partial charge in [-0.25, -0.2) is 0 Å². The highest BCUT2D eigenvalue weighted by molar-refractivity contribution is 5.89. The van der Waals surface area contributed by atoms with Crippen LogP contribution in [0.4, 0.5) is 0 Å². The van der Waals surface area contributed by atoms with Crippen molar-refractivity contribution in [2.24, 2.45) is 69.2 Å². The minimum absolute atomic E-state index is 0. The van der Waals surface area contributed by atoms with Gasteiger partial charge in [0, 0.05) is 114 Å². The van der Waals surface area contributed by atoms with Gasteiger partial charge < -0.3 is 107 Å². The lowest BCUT2D eigenvalue weighted by atomic mass is 9.73. The van der Waals surface area contributed by atoms with Crippen LogP contribution >= 0.6 is 0 Å². The summed E-state index contributed by atoms with van der Waals surface area (Å²) in [6, 6.07) is -0.0590. The first-order valence-electron chi connectivity index (χ1n) is 39.3. The molecule has 0 aliphatic carbocycles. The summed E-state index contributed by atoms with van der Waals surface area (Å²) < 4.78 is 89.6. The molecule has 108 heavy (non-hydrogen) atoms. The van der Waals surface area contributed by atoms with Gasteiger partial charge in [-0.3, -0.25) is 19.6 Å². The minimum Gasteiger partial charge on any atom is -0.459 e. The Labute approximate surface area is 651 Å². The smallest absolute Gasteiger partial charge is 0.311 e. The molecule has 0 aromatic carbocycles. The standard InChI is InChI=1S/2C40H74N2O11.2CH4/c2*1-17-29-40(11,46)34(43)23(4)31(41-12)21(2)19-38(9,45)35(53-37-33(47-15)28(42(13)14)18-22(3)49-37)24(5)32(25(6)36(44)51-29)52-30-20-39(10,48-16)26(7)27(8)50-30;;/h2*21-30,32-35,37,43,45-46H,17-20H2,1-16H3;2*1H4/t2*21-,22-,23+,24+,25-,26+,27+,28+,29-,30+,32+,33-,34-,35-,37+,38-,39-,40-;;/m11../s1. The first kappa shape index (κ1) is 99.7. The van der Waals surface area contributed by atoms with Crippen LogP contribution in [0.3, 0.4) is 0 Å². The number of methoxy groups -OCH3 is 4. The highest BCUT2D eigenvalue weighted by Gasteiger charge is 2.57. The third-order valence-corrected chi connectivity index (χ3v) is 25.9. The fourth-order valence-corrected chi connectivity index (χ4v) is 18.5. The molecule has 0 radical (unpaired) electrons. The van der Waals surface area contributed by atoms with Gasteiger partial charge in [-0.1, -0.05) is 84.1 Å². The van der Waals surface area contributed by atoms with Gasteiger partial charge in [0.25, 0.3) is 0 Å². The molecule has 36 atom stereocenters. The Hall–Kier alpha value is -2.52. The van der Waals surface area contributed by atoms with E-state index in [2.05, 4.69) is 33.6 Å². The van der Waals surface area contributed by atoms with E-state index in [1.165, 1.54) is 13.8 Å². The Morgan fingerprint density at radius 3 is 1.03 bits per heavy atom. The van der Waals surface area contributed by atoms with Crippen LogP contribution in [0, 0.1) is 59.2 Å². The Bertz CT molecular complexity index is 2610. The van der Waals surface area contributed by atoms with Crippen molar-refractivity contribution in [1.29, 1.82) is 0 Å². The molecule has 6 rings (SSSR count). The number of carbonyl (C=O) groups is 2. The van der Waals surface area contributed by atoms with Crippen LogP contribution in [0.15, 0.2) is 9.98 Å². The van der Waals surface area contributed by atoms with Gasteiger partial charge in [0.05, 0.1) is 95.3 Å². The Morgan fingerprint density at radius 2 is 0.769 bits per heavy atom. The van der Waals surface area contributed by atoms with E-state index >= 15 is 0 Å². The normalized spacial score (nSPS) is 48.2. The minimum atomic E-state index is -1.81. The summed E-state index contributed by atoms with van der Waals surface area (Å²) in [4.78, 5) is 41.9. The van der Waals surface area contributed by atoms with Crippen molar-refractivity contribution in [3.05, 3.63) is 0 Å². The first-order valence-corrected chi connectivity index (χ1v) is 39.3. The molecule has 0 amide bonds. The number of aliphatic imine (C=N–C) groups is 2. The van der Waals surface area contributed by atoms with Gasteiger partial charge in [0.15, 0.2) is 25.2 Å². The summed E-state index contributed by atoms with van der Waals surface area (Å²) in [6.07, 6.45) is -10.4. The molecule has 0 aromatic heterocycles. The molecule has 26 nitrogen and oxygen atoms in total. The van der Waals surface area contributed by atoms with Crippen molar-refractivity contribution < 1.29 is 107 Å². The number of esters is 2. The van der Waals surface area contributed by atoms with E-state index in [1.54, 1.807) is 97.9 Å². The number of cyclic esters (lactones) is 2. The maximum atomic E-state index is 14.3. The van der Waals surface area contributed by atoms with E-state index in [0.717, 1.165) is 12.8 Å². The molecule has 6 aliphatic rings. The quantitative estimate of drug-likeness (QED) is 0.0783. The van der Waals surface area contributed by atoms with Gasteiger partial charge in [0.1, 0.15) is 35.6 Å². The summed E-state index contributed by atoms with van der Waals surface area (Å²) in [5, 5.41) is 72.4. The summed E-state index contributed by atoms with van der Waals surface area (Å²) in [6.45, 7) is 40.9. The summed E-state index contributed by atoms with van der Waals surface area (Å²) in [5.41, 5.74) is -6.68. The molecule has 0 spiro atoms. The lowest BCUT2D eigenvalue weighted by Crippen LogP contribution is -2.61. The molecule has 0 bridgehead atoms. The average Bonchev–Trinajstić information content (AvgIpc) is 0.774. The Morgan fingerprint density at radius 1 is 0.463 bits per heavy atom. The van der Waals surface area contributed by atoms with Crippen LogP contribution in [0.25, 0.3) is 0 Å². The number of aliphatic hydroxyl groups is 6. The van der Waals surface area contributed by atoms with Crippen LogP contribution in [0.5, 0.6) is 0 Å². The topological polar surface area (TPSA) is 316 Å². The van der Waals surface area contributed by atoms with Crippen molar-refractivity contribution >= 4 is 23.4 Å². The second-order valence-electron chi connectivity index (χ2n) is 34.5. The number of likely N-dealkylation sites (N-methyl/N-ethyl adjacent to an activating group) is 2. The van der Waals surface area contributed by atoms with E-state index in [-0.39, 0.29) is 101 Å². The van der Waals surface area contributed by atoms with E-state index in [1.807, 2.05) is 97.4 Å². The predicted molar refractivity (Wildman–Crippen MR) is 419 cm³/mol. The Kier molecular flexibility index (Phi) is 37.7. The average molecular weight is 1550 g/mol. The van der Waals surface area contributed by atoms with E-state index in [4.69, 9.17) is 66.3 Å². The van der Waals surface area contributed by atoms with Crippen molar-refractivity contribution in [3.8, 4) is 0 Å². The van der Waals surface area contributed by atoms with Crippen LogP contribution in [0.2, 0.25) is 0 Å². The molecule has 0 aromatic rings. The lowest BCUT2D eigenvalue weighted by Gasteiger charge is -2.50. The number of aliphatic hydroxyl groups excluding tert-OH is 2. The zero-order chi connectivity index (χ0) is 80.8. The van der Waals surface area contributed by atoms with E-state index in [9.17, 15) is 40.2 Å². The molecule has 6 heterocycles. The van der Waals surface area contributed by atoms with Crippen molar-refractivity contribution in [1.82, 2.24) is 9.80 Å². The van der Waals surface area contributed by atoms with Crippen molar-refractivity contribution in [2.45, 2.75) is 375 Å². The molecule has 6 saturated heterocycles. The number of nitrogens with zero attached hydrogens (tertiary/aromatic N) is 4. The third-order valence-electron chi connectivity index (χ3n) is 25.9. The summed E-state index contributed by atoms with van der Waals surface area (Å²) in [7, 11) is 17.9. The molecule has 0 unspecified atom stereocenters. The second kappa shape index (κ2) is 40.9. The monoisotopic (exact) mass is 1550 g/mol. The maximum Gasteiger partial charge on any atom is 0.311 e. The fourth-order valence-electron chi connectivity index (χ4n) is 18.5. The van der Waals surface area contributed by atoms with Gasteiger partial charge in [-0.2, -0.15) is 0 Å². The van der Waals surface area contributed by atoms with E-state index < -0.39 is 167 Å². The van der Waals surface area contributed by atoms with Gasteiger partial charge in [-0.15, -0.1) is 0 Å². The highest BCUT2D eigenvalue weighted by atomic mass is 16.7. The molecular weight excluding hydrogens is 1390 g/mol. The number of hydrogen-bond acceptors (Lipinski definition) is 26. The second-order valence-corrected chi connectivity index (χ2v) is 34.5. The maximum absolute atomic E-state index is 14.3. The third kappa shape index (κ3) is 22.6. The molecule has 6 fully saturated rings. The van der Waals surface area contributed by atoms with Crippen LogP contribution in [-0.2, 0) is 75.9 Å². The SMILES string of the molecule is C.C.CC[C@H]1OC(=O)[C@H](C)[C@@H](O[C@H]2C[C@@](C)(OC)[C@@H](C)[C@H](C)O2)[C@H](C)[C@@H](O[C@@H]2O[C@H](C)C[C@H](N(C)C)[C@H]2OC)[C@](C)(O)C[C@@H](C)C(=NC)[C@H](C)[C@@H](O)[C@]1(C)O.CC[C@H]1OC(=O)[C@H](C)[C@@H](O[C@H]2C[C@@](C)(OC)[C@@H](C)[C@H](C)O2)[C@H](C)[C@@H](O[C@@H]2O[C@H](C)C[C@H](N(C)C)[C@H]2OC)[C@](C)(O)C[C@@H](C)C(=NC)[C@H](C)[C@@H](O)[C@]1(C)O. The lowest BCUT2D eigenvalue weighted by molar-refractivity contribution is -0.316. The number of ether oxygens (including phenoxy) is 14. The van der Waals surface area contributed by atoms with Gasteiger partial charge >= 0.3 is 11.9 Å². The Balaban J connectivity index is 0.000000550. The zero-order valence-electron chi connectivity index (χ0n) is 71.0.